The molecule has 3 heterocycles. The summed E-state index contributed by atoms with van der Waals surface area (Å²) >= 11 is 3.34. The zero-order chi connectivity index (χ0) is 31.8. The lowest BCUT2D eigenvalue weighted by Gasteiger charge is -2.31. The average molecular weight is 655 g/mol. The molecule has 1 aromatic carbocycles. The number of fused-ring (bicyclic) bond motifs is 1. The maximum Gasteiger partial charge on any atom is 0.267 e. The van der Waals surface area contributed by atoms with E-state index in [2.05, 4.69) is 47.7 Å². The maximum atomic E-state index is 14.1. The molecule has 1 aliphatic heterocycles. The Hall–Kier alpha value is -3.10. The Bertz CT molecular complexity index is 1680. The summed E-state index contributed by atoms with van der Waals surface area (Å²) in [6.07, 6.45) is 18.1. The van der Waals surface area contributed by atoms with E-state index in [1.54, 1.807) is 23.1 Å². The van der Waals surface area contributed by atoms with E-state index in [4.69, 9.17) is 4.99 Å². The Labute approximate surface area is 281 Å². The number of anilines is 1. The summed E-state index contributed by atoms with van der Waals surface area (Å²) in [4.78, 5) is 37.5. The third kappa shape index (κ3) is 6.27. The molecular formula is C38H46N4O2S2. The van der Waals surface area contributed by atoms with Gasteiger partial charge in [0, 0.05) is 28.0 Å². The number of benzene rings is 1. The van der Waals surface area contributed by atoms with E-state index in [0.717, 1.165) is 94.6 Å². The zero-order valence-electron chi connectivity index (χ0n) is 27.5. The molecule has 0 spiro atoms. The first kappa shape index (κ1) is 31.5. The summed E-state index contributed by atoms with van der Waals surface area (Å²) in [5.74, 6) is 0.0693. The number of amides is 2. The van der Waals surface area contributed by atoms with Gasteiger partial charge in [0.1, 0.15) is 5.00 Å². The Morgan fingerprint density at radius 1 is 0.913 bits per heavy atom. The number of aryl methyl sites for hydroxylation is 3. The van der Waals surface area contributed by atoms with Gasteiger partial charge in [0.15, 0.2) is 5.17 Å². The fourth-order valence-electron chi connectivity index (χ4n) is 7.77. The van der Waals surface area contributed by atoms with E-state index in [-0.39, 0.29) is 17.9 Å². The molecular weight excluding hydrogens is 609 g/mol. The zero-order valence-corrected chi connectivity index (χ0v) is 29.1. The van der Waals surface area contributed by atoms with Gasteiger partial charge in [-0.25, -0.2) is 0 Å². The van der Waals surface area contributed by atoms with E-state index in [1.807, 2.05) is 24.3 Å². The predicted octanol–water partition coefficient (Wildman–Crippen LogP) is 9.53. The second-order valence-electron chi connectivity index (χ2n) is 13.7. The van der Waals surface area contributed by atoms with Crippen LogP contribution in [-0.2, 0) is 17.6 Å². The number of nitrogens with one attached hydrogen (secondary N) is 1. The lowest BCUT2D eigenvalue weighted by Crippen LogP contribution is -2.41. The van der Waals surface area contributed by atoms with Gasteiger partial charge in [-0.1, -0.05) is 56.2 Å². The standard InChI is InChI=1S/C38H46N4O2S2/c1-24-18-20-29(21-19-24)39-35(43)34-31-16-10-11-17-32(31)45-37(34)41-25(2)22-27(26(41)3)23-33-36(44)42(30-14-8-5-9-15-30)38(46-33)40-28-12-6-4-7-13-28/h18-23,28,30H,4-17H2,1-3H3,(H,39,43)/b33-23-,40-38?. The number of thioether (sulfide) groups is 1. The molecule has 3 aromatic rings. The summed E-state index contributed by atoms with van der Waals surface area (Å²) in [5.41, 5.74) is 7.15. The Morgan fingerprint density at radius 3 is 2.35 bits per heavy atom. The minimum atomic E-state index is -0.0427. The van der Waals surface area contributed by atoms with Gasteiger partial charge < -0.3 is 9.88 Å². The van der Waals surface area contributed by atoms with Crippen LogP contribution in [-0.4, -0.2) is 38.5 Å². The molecule has 3 fully saturated rings. The number of hydrogen-bond acceptors (Lipinski definition) is 5. The van der Waals surface area contributed by atoms with Crippen molar-refractivity contribution in [3.8, 4) is 5.00 Å². The van der Waals surface area contributed by atoms with Crippen LogP contribution in [0.1, 0.15) is 120 Å². The summed E-state index contributed by atoms with van der Waals surface area (Å²) < 4.78 is 2.25. The molecule has 3 aliphatic carbocycles. The molecule has 7 rings (SSSR count). The monoisotopic (exact) mass is 654 g/mol. The van der Waals surface area contributed by atoms with Gasteiger partial charge in [0.25, 0.3) is 11.8 Å². The minimum Gasteiger partial charge on any atom is -0.322 e. The van der Waals surface area contributed by atoms with Crippen molar-refractivity contribution in [1.82, 2.24) is 9.47 Å². The molecule has 1 N–H and O–H groups in total. The van der Waals surface area contributed by atoms with Crippen LogP contribution in [0.4, 0.5) is 5.69 Å². The number of amidine groups is 1. The SMILES string of the molecule is Cc1ccc(NC(=O)c2c(-n3c(C)cc(/C=C4\SC(=NC5CCCCC5)N(C5CCCCC5)C4=O)c3C)sc3c2CCCC3)cc1. The largest absolute Gasteiger partial charge is 0.322 e. The highest BCUT2D eigenvalue weighted by Crippen LogP contribution is 2.42. The summed E-state index contributed by atoms with van der Waals surface area (Å²) in [5, 5.41) is 5.10. The molecule has 2 aromatic heterocycles. The van der Waals surface area contributed by atoms with Crippen molar-refractivity contribution in [1.29, 1.82) is 0 Å². The highest BCUT2D eigenvalue weighted by atomic mass is 32.2. The van der Waals surface area contributed by atoms with E-state index < -0.39 is 0 Å². The van der Waals surface area contributed by atoms with Crippen molar-refractivity contribution >= 4 is 51.8 Å². The normalized spacial score (nSPS) is 21.4. The highest BCUT2D eigenvalue weighted by molar-refractivity contribution is 8.18. The van der Waals surface area contributed by atoms with Crippen molar-refractivity contribution in [3.63, 3.8) is 0 Å². The molecule has 46 heavy (non-hydrogen) atoms. The van der Waals surface area contributed by atoms with Crippen LogP contribution in [0.25, 0.3) is 11.1 Å². The lowest BCUT2D eigenvalue weighted by molar-refractivity contribution is -0.124. The van der Waals surface area contributed by atoms with Gasteiger partial charge in [-0.3, -0.25) is 19.5 Å². The van der Waals surface area contributed by atoms with Crippen molar-refractivity contribution in [2.45, 2.75) is 123 Å². The fourth-order valence-corrected chi connectivity index (χ4v) is 10.4. The van der Waals surface area contributed by atoms with Gasteiger partial charge in [0.05, 0.1) is 16.5 Å². The number of aromatic nitrogens is 1. The molecule has 6 nitrogen and oxygen atoms in total. The fraction of sp³-hybridized carbons (Fsp3) is 0.500. The highest BCUT2D eigenvalue weighted by Gasteiger charge is 2.39. The van der Waals surface area contributed by atoms with Crippen molar-refractivity contribution < 1.29 is 9.59 Å². The smallest absolute Gasteiger partial charge is 0.267 e. The number of carbonyl (C=O) groups excluding carboxylic acids is 2. The summed E-state index contributed by atoms with van der Waals surface area (Å²) in [7, 11) is 0. The van der Waals surface area contributed by atoms with Crippen LogP contribution in [0.15, 0.2) is 40.2 Å². The number of thiophene rings is 1. The molecule has 8 heteroatoms. The van der Waals surface area contributed by atoms with E-state index >= 15 is 0 Å². The molecule has 1 saturated heterocycles. The third-order valence-corrected chi connectivity index (χ3v) is 12.6. The number of hydrogen-bond donors (Lipinski definition) is 1. The van der Waals surface area contributed by atoms with Crippen LogP contribution in [0.5, 0.6) is 0 Å². The first-order chi connectivity index (χ1) is 22.4. The summed E-state index contributed by atoms with van der Waals surface area (Å²) in [6.45, 7) is 6.29. The van der Waals surface area contributed by atoms with E-state index in [1.165, 1.54) is 54.5 Å². The van der Waals surface area contributed by atoms with Gasteiger partial charge in [-0.15, -0.1) is 11.3 Å². The number of aliphatic imine (C=N–C) groups is 1. The van der Waals surface area contributed by atoms with Gasteiger partial charge in [-0.2, -0.15) is 0 Å². The maximum absolute atomic E-state index is 14.1. The first-order valence-electron chi connectivity index (χ1n) is 17.4. The molecule has 0 bridgehead atoms. The van der Waals surface area contributed by atoms with Crippen LogP contribution in [0.2, 0.25) is 0 Å². The van der Waals surface area contributed by atoms with Gasteiger partial charge in [0.2, 0.25) is 0 Å². The second kappa shape index (κ2) is 13.6. The quantitative estimate of drug-likeness (QED) is 0.269. The molecule has 0 unspecified atom stereocenters. The second-order valence-corrected chi connectivity index (χ2v) is 15.7. The topological polar surface area (TPSA) is 66.7 Å². The van der Waals surface area contributed by atoms with Crippen molar-refractivity contribution in [2.24, 2.45) is 4.99 Å². The molecule has 0 atom stereocenters. The molecule has 242 valence electrons. The van der Waals surface area contributed by atoms with Crippen LogP contribution < -0.4 is 5.32 Å². The summed E-state index contributed by atoms with van der Waals surface area (Å²) in [6, 6.07) is 10.8. The third-order valence-electron chi connectivity index (χ3n) is 10.3. The molecule has 0 radical (unpaired) electrons. The molecule has 2 saturated carbocycles. The van der Waals surface area contributed by atoms with Crippen molar-refractivity contribution in [2.75, 3.05) is 5.32 Å². The lowest BCUT2D eigenvalue weighted by atomic mass is 9.94. The van der Waals surface area contributed by atoms with Crippen LogP contribution in [0.3, 0.4) is 0 Å². The predicted molar refractivity (Wildman–Crippen MR) is 192 cm³/mol. The minimum absolute atomic E-state index is 0.0427. The molecule has 2 amide bonds. The van der Waals surface area contributed by atoms with E-state index in [0.29, 0.717) is 6.04 Å². The van der Waals surface area contributed by atoms with Gasteiger partial charge in [-0.05, 0) is 119 Å². The average Bonchev–Trinajstić information content (AvgIpc) is 3.68. The van der Waals surface area contributed by atoms with Crippen LogP contribution in [0, 0.1) is 20.8 Å². The van der Waals surface area contributed by atoms with Crippen molar-refractivity contribution in [3.05, 3.63) is 73.8 Å². The van der Waals surface area contributed by atoms with Crippen LogP contribution >= 0.6 is 23.1 Å². The van der Waals surface area contributed by atoms with Gasteiger partial charge >= 0.3 is 0 Å². The first-order valence-corrected chi connectivity index (χ1v) is 19.0. The van der Waals surface area contributed by atoms with E-state index in [9.17, 15) is 9.59 Å². The number of rotatable bonds is 6. The number of carbonyl (C=O) groups is 2. The Kier molecular flexibility index (Phi) is 9.28. The Balaban J connectivity index is 1.24. The number of nitrogens with zero attached hydrogens (tertiary/aromatic N) is 3. The Morgan fingerprint density at radius 2 is 1.61 bits per heavy atom. The molecule has 4 aliphatic rings.